The number of hydrogen-bond acceptors (Lipinski definition) is 4. The van der Waals surface area contributed by atoms with Gasteiger partial charge in [-0.05, 0) is 49.2 Å². The van der Waals surface area contributed by atoms with E-state index in [1.54, 1.807) is 6.20 Å². The van der Waals surface area contributed by atoms with Gasteiger partial charge in [0.1, 0.15) is 11.3 Å². The summed E-state index contributed by atoms with van der Waals surface area (Å²) in [7, 11) is 0. The zero-order valence-electron chi connectivity index (χ0n) is 14.9. The summed E-state index contributed by atoms with van der Waals surface area (Å²) in [6.07, 6.45) is 4.28. The van der Waals surface area contributed by atoms with Gasteiger partial charge in [0.05, 0.1) is 0 Å². The predicted octanol–water partition coefficient (Wildman–Crippen LogP) is 4.97. The van der Waals surface area contributed by atoms with Crippen LogP contribution in [0.1, 0.15) is 29.5 Å². The molecule has 134 valence electrons. The largest absolute Gasteiger partial charge is 0.505 e. The predicted molar refractivity (Wildman–Crippen MR) is 109 cm³/mol. The smallest absolute Gasteiger partial charge is 0.146 e. The Kier molecular flexibility index (Phi) is 5.42. The molecule has 0 aliphatic carbocycles. The zero-order valence-corrected chi connectivity index (χ0v) is 15.7. The molecule has 1 N–H and O–H groups in total. The second-order valence-electron chi connectivity index (χ2n) is 6.90. The Balaban J connectivity index is 1.58. The van der Waals surface area contributed by atoms with E-state index >= 15 is 0 Å². The first-order chi connectivity index (χ1) is 12.8. The fraction of sp³-hybridized carbons (Fsp3) is 0.318. The SMILES string of the molecule is Oc1c(CN2CCCC2)cc(CSCc2ccccc2)c2cccnc12. The minimum Gasteiger partial charge on any atom is -0.505 e. The normalized spacial score (nSPS) is 14.9. The monoisotopic (exact) mass is 364 g/mol. The zero-order chi connectivity index (χ0) is 17.8. The highest BCUT2D eigenvalue weighted by Crippen LogP contribution is 2.33. The Morgan fingerprint density at radius 1 is 0.962 bits per heavy atom. The molecule has 0 amide bonds. The van der Waals surface area contributed by atoms with Crippen LogP contribution >= 0.6 is 11.8 Å². The van der Waals surface area contributed by atoms with E-state index in [0.717, 1.165) is 47.6 Å². The van der Waals surface area contributed by atoms with Gasteiger partial charge in [-0.25, -0.2) is 0 Å². The lowest BCUT2D eigenvalue weighted by Gasteiger charge is -2.18. The van der Waals surface area contributed by atoms with E-state index in [-0.39, 0.29) is 0 Å². The molecule has 1 aliphatic rings. The van der Waals surface area contributed by atoms with Crippen molar-refractivity contribution in [1.29, 1.82) is 0 Å². The second-order valence-corrected chi connectivity index (χ2v) is 7.89. The number of rotatable bonds is 6. The fourth-order valence-electron chi connectivity index (χ4n) is 3.64. The Labute approximate surface area is 159 Å². The lowest BCUT2D eigenvalue weighted by Crippen LogP contribution is -2.18. The van der Waals surface area contributed by atoms with Gasteiger partial charge >= 0.3 is 0 Å². The summed E-state index contributed by atoms with van der Waals surface area (Å²) in [5.74, 6) is 2.26. The van der Waals surface area contributed by atoms with Gasteiger partial charge in [-0.15, -0.1) is 0 Å². The van der Waals surface area contributed by atoms with Crippen LogP contribution in [0.2, 0.25) is 0 Å². The van der Waals surface area contributed by atoms with Crippen LogP contribution in [0.5, 0.6) is 5.75 Å². The van der Waals surface area contributed by atoms with Gasteiger partial charge in [-0.1, -0.05) is 36.4 Å². The topological polar surface area (TPSA) is 36.4 Å². The first kappa shape index (κ1) is 17.4. The third-order valence-corrected chi connectivity index (χ3v) is 6.04. The molecule has 1 fully saturated rings. The molecular formula is C22H24N2OS. The molecule has 0 spiro atoms. The molecule has 26 heavy (non-hydrogen) atoms. The van der Waals surface area contributed by atoms with Gasteiger partial charge in [0.15, 0.2) is 0 Å². The highest BCUT2D eigenvalue weighted by molar-refractivity contribution is 7.97. The maximum atomic E-state index is 10.7. The lowest BCUT2D eigenvalue weighted by molar-refractivity contribution is 0.324. The van der Waals surface area contributed by atoms with Crippen LogP contribution < -0.4 is 0 Å². The summed E-state index contributed by atoms with van der Waals surface area (Å²) in [4.78, 5) is 6.89. The Morgan fingerprint density at radius 3 is 2.58 bits per heavy atom. The third kappa shape index (κ3) is 3.87. The summed E-state index contributed by atoms with van der Waals surface area (Å²) in [6, 6.07) is 16.8. The molecule has 0 radical (unpaired) electrons. The fourth-order valence-corrected chi connectivity index (χ4v) is 4.63. The number of pyridine rings is 1. The number of nitrogens with zero attached hydrogens (tertiary/aromatic N) is 2. The number of benzene rings is 2. The Hall–Kier alpha value is -2.04. The Bertz CT molecular complexity index is 876. The number of aromatic hydroxyl groups is 1. The minimum absolute atomic E-state index is 0.351. The third-order valence-electron chi connectivity index (χ3n) is 4.99. The molecule has 0 bridgehead atoms. The standard InChI is InChI=1S/C22H24N2OS/c25-22-18(14-24-11-4-5-12-24)13-19(20-9-6-10-23-21(20)22)16-26-15-17-7-2-1-3-8-17/h1-3,6-10,13,25H,4-5,11-12,14-16H2. The van der Waals surface area contributed by atoms with Gasteiger partial charge < -0.3 is 5.11 Å². The molecule has 0 unspecified atom stereocenters. The number of thioether (sulfide) groups is 1. The number of aromatic nitrogens is 1. The van der Waals surface area contributed by atoms with Crippen LogP contribution in [-0.2, 0) is 18.1 Å². The van der Waals surface area contributed by atoms with Crippen LogP contribution in [0.4, 0.5) is 0 Å². The summed E-state index contributed by atoms with van der Waals surface area (Å²) in [6.45, 7) is 3.06. The van der Waals surface area contributed by atoms with Crippen molar-refractivity contribution in [1.82, 2.24) is 9.88 Å². The molecule has 4 rings (SSSR count). The van der Waals surface area contributed by atoms with Crippen molar-refractivity contribution in [2.24, 2.45) is 0 Å². The molecule has 0 saturated carbocycles. The van der Waals surface area contributed by atoms with Gasteiger partial charge in [0.2, 0.25) is 0 Å². The number of likely N-dealkylation sites (tertiary alicyclic amines) is 1. The van der Waals surface area contributed by atoms with Crippen LogP contribution in [0.25, 0.3) is 10.9 Å². The molecule has 1 aliphatic heterocycles. The average molecular weight is 365 g/mol. The van der Waals surface area contributed by atoms with Crippen molar-refractivity contribution in [2.75, 3.05) is 13.1 Å². The van der Waals surface area contributed by atoms with Gasteiger partial charge in [0.25, 0.3) is 0 Å². The molecule has 4 heteroatoms. The summed E-state index contributed by atoms with van der Waals surface area (Å²) < 4.78 is 0. The molecule has 2 aromatic carbocycles. The van der Waals surface area contributed by atoms with Crippen molar-refractivity contribution in [2.45, 2.75) is 30.9 Å². The first-order valence-corrected chi connectivity index (χ1v) is 10.4. The van der Waals surface area contributed by atoms with Crippen LogP contribution in [0.15, 0.2) is 54.7 Å². The van der Waals surface area contributed by atoms with Gasteiger partial charge in [-0.2, -0.15) is 11.8 Å². The van der Waals surface area contributed by atoms with Gasteiger partial charge in [0, 0.05) is 35.2 Å². The van der Waals surface area contributed by atoms with Crippen molar-refractivity contribution in [3.63, 3.8) is 0 Å². The van der Waals surface area contributed by atoms with Crippen molar-refractivity contribution >= 4 is 22.7 Å². The molecule has 1 aromatic heterocycles. The minimum atomic E-state index is 0.351. The summed E-state index contributed by atoms with van der Waals surface area (Å²) in [5, 5.41) is 11.8. The summed E-state index contributed by atoms with van der Waals surface area (Å²) in [5.41, 5.74) is 4.35. The molecule has 3 nitrogen and oxygen atoms in total. The first-order valence-electron chi connectivity index (χ1n) is 9.24. The number of hydrogen-bond donors (Lipinski definition) is 1. The van der Waals surface area contributed by atoms with E-state index < -0.39 is 0 Å². The van der Waals surface area contributed by atoms with Gasteiger partial charge in [-0.3, -0.25) is 9.88 Å². The van der Waals surface area contributed by atoms with E-state index in [4.69, 9.17) is 0 Å². The molecule has 3 aromatic rings. The van der Waals surface area contributed by atoms with E-state index in [9.17, 15) is 5.11 Å². The van der Waals surface area contributed by atoms with E-state index in [1.165, 1.54) is 24.0 Å². The maximum absolute atomic E-state index is 10.7. The summed E-state index contributed by atoms with van der Waals surface area (Å²) >= 11 is 1.91. The number of fused-ring (bicyclic) bond motifs is 1. The van der Waals surface area contributed by atoms with Crippen LogP contribution in [0.3, 0.4) is 0 Å². The molecular weight excluding hydrogens is 340 g/mol. The van der Waals surface area contributed by atoms with E-state index in [1.807, 2.05) is 17.8 Å². The maximum Gasteiger partial charge on any atom is 0.146 e. The van der Waals surface area contributed by atoms with E-state index in [2.05, 4.69) is 52.3 Å². The molecule has 2 heterocycles. The highest BCUT2D eigenvalue weighted by atomic mass is 32.2. The Morgan fingerprint density at radius 2 is 1.77 bits per heavy atom. The number of phenolic OH excluding ortho intramolecular Hbond substituents is 1. The van der Waals surface area contributed by atoms with E-state index in [0.29, 0.717) is 5.75 Å². The number of phenols is 1. The van der Waals surface area contributed by atoms with Crippen molar-refractivity contribution in [3.05, 3.63) is 71.4 Å². The quantitative estimate of drug-likeness (QED) is 0.670. The lowest BCUT2D eigenvalue weighted by atomic mass is 10.0. The second kappa shape index (κ2) is 8.11. The molecule has 0 atom stereocenters. The van der Waals surface area contributed by atoms with Crippen LogP contribution in [-0.4, -0.2) is 28.1 Å². The highest BCUT2D eigenvalue weighted by Gasteiger charge is 2.17. The van der Waals surface area contributed by atoms with Crippen molar-refractivity contribution < 1.29 is 5.11 Å². The van der Waals surface area contributed by atoms with Crippen molar-refractivity contribution in [3.8, 4) is 5.75 Å². The van der Waals surface area contributed by atoms with Crippen LogP contribution in [0, 0.1) is 0 Å². The average Bonchev–Trinajstić information content (AvgIpc) is 3.19. The molecule has 1 saturated heterocycles.